The lowest BCUT2D eigenvalue weighted by atomic mass is 10.1. The number of para-hydroxylation sites is 1. The minimum absolute atomic E-state index is 0.0322. The highest BCUT2D eigenvalue weighted by Crippen LogP contribution is 2.36. The van der Waals surface area contributed by atoms with Crippen molar-refractivity contribution in [3.63, 3.8) is 0 Å². The Bertz CT molecular complexity index is 619. The van der Waals surface area contributed by atoms with Crippen molar-refractivity contribution < 1.29 is 37.3 Å². The topological polar surface area (TPSA) is 76.1 Å². The second-order valence-electron chi connectivity index (χ2n) is 5.21. The maximum absolute atomic E-state index is 13.0. The van der Waals surface area contributed by atoms with E-state index in [9.17, 15) is 22.8 Å². The molecule has 0 aliphatic carbocycles. The van der Waals surface area contributed by atoms with Crippen LogP contribution in [0.3, 0.4) is 0 Å². The van der Waals surface area contributed by atoms with E-state index in [2.05, 4.69) is 0 Å². The van der Waals surface area contributed by atoms with Crippen LogP contribution < -0.4 is 4.74 Å². The Morgan fingerprint density at radius 2 is 2.04 bits per heavy atom. The van der Waals surface area contributed by atoms with Crippen LogP contribution in [0, 0.1) is 0 Å². The van der Waals surface area contributed by atoms with E-state index in [1.807, 2.05) is 0 Å². The van der Waals surface area contributed by atoms with Crippen LogP contribution >= 0.6 is 0 Å². The molecular formula is C15H16F3NO5. The Kier molecular flexibility index (Phi) is 5.33. The number of ether oxygens (including phenoxy) is 2. The second kappa shape index (κ2) is 7.08. The number of hydrogen-bond donors (Lipinski definition) is 1. The number of hydrogen-bond acceptors (Lipinski definition) is 4. The van der Waals surface area contributed by atoms with Gasteiger partial charge < -0.3 is 19.5 Å². The minimum atomic E-state index is -4.62. The molecule has 2 atom stereocenters. The first kappa shape index (κ1) is 18.1. The molecule has 0 bridgehead atoms. The van der Waals surface area contributed by atoms with Crippen molar-refractivity contribution in [3.05, 3.63) is 29.8 Å². The molecule has 1 saturated heterocycles. The average Bonchev–Trinajstić information content (AvgIpc) is 2.53. The number of halogens is 3. The van der Waals surface area contributed by atoms with Gasteiger partial charge >= 0.3 is 12.1 Å². The number of morpholine rings is 1. The van der Waals surface area contributed by atoms with Crippen molar-refractivity contribution in [1.82, 2.24) is 4.90 Å². The highest BCUT2D eigenvalue weighted by molar-refractivity contribution is 5.86. The van der Waals surface area contributed by atoms with E-state index >= 15 is 0 Å². The number of rotatable bonds is 4. The third kappa shape index (κ3) is 3.97. The zero-order valence-corrected chi connectivity index (χ0v) is 12.7. The van der Waals surface area contributed by atoms with Gasteiger partial charge in [0.05, 0.1) is 18.8 Å². The van der Waals surface area contributed by atoms with Gasteiger partial charge in [-0.2, -0.15) is 13.2 Å². The highest BCUT2D eigenvalue weighted by atomic mass is 19.4. The Morgan fingerprint density at radius 1 is 1.38 bits per heavy atom. The predicted octanol–water partition coefficient (Wildman–Crippen LogP) is 1.78. The number of alkyl halides is 3. The summed E-state index contributed by atoms with van der Waals surface area (Å²) in [6.45, 7) is 1.29. The molecule has 0 radical (unpaired) electrons. The monoisotopic (exact) mass is 347 g/mol. The van der Waals surface area contributed by atoms with Crippen LogP contribution in [0.15, 0.2) is 24.3 Å². The molecule has 2 rings (SSSR count). The smallest absolute Gasteiger partial charge is 0.419 e. The third-order valence-corrected chi connectivity index (χ3v) is 3.54. The summed E-state index contributed by atoms with van der Waals surface area (Å²) in [6.07, 6.45) is -5.89. The molecule has 1 aliphatic rings. The summed E-state index contributed by atoms with van der Waals surface area (Å²) >= 11 is 0. The zero-order chi connectivity index (χ0) is 17.9. The molecule has 0 spiro atoms. The van der Waals surface area contributed by atoms with Gasteiger partial charge in [-0.1, -0.05) is 12.1 Å². The number of carbonyl (C=O) groups excluding carboxylic acids is 1. The summed E-state index contributed by atoms with van der Waals surface area (Å²) in [5.74, 6) is -2.43. The molecule has 1 aliphatic heterocycles. The zero-order valence-electron chi connectivity index (χ0n) is 12.7. The standard InChI is InChI=1S/C15H16F3NO5/c1-9(13(20)19-6-7-23-8-11(19)14(21)22)24-12-5-3-2-4-10(12)15(16,17)18/h2-5,9,11H,6-8H2,1H3,(H,21,22)/t9-,11+/m0/s1. The molecular weight excluding hydrogens is 331 g/mol. The van der Waals surface area contributed by atoms with E-state index < -0.39 is 41.5 Å². The van der Waals surface area contributed by atoms with E-state index in [1.165, 1.54) is 19.1 Å². The van der Waals surface area contributed by atoms with Crippen molar-refractivity contribution in [2.45, 2.75) is 25.2 Å². The first-order valence-electron chi connectivity index (χ1n) is 7.15. The Hall–Kier alpha value is -2.29. The average molecular weight is 347 g/mol. The lowest BCUT2D eigenvalue weighted by Gasteiger charge is -2.34. The second-order valence-corrected chi connectivity index (χ2v) is 5.21. The fraction of sp³-hybridized carbons (Fsp3) is 0.467. The van der Waals surface area contributed by atoms with Crippen molar-refractivity contribution in [2.75, 3.05) is 19.8 Å². The van der Waals surface area contributed by atoms with Crippen LogP contribution in [-0.2, 0) is 20.5 Å². The van der Waals surface area contributed by atoms with Crippen LogP contribution in [0.2, 0.25) is 0 Å². The van der Waals surface area contributed by atoms with E-state index in [4.69, 9.17) is 14.6 Å². The van der Waals surface area contributed by atoms with E-state index in [1.54, 1.807) is 0 Å². The van der Waals surface area contributed by atoms with Gasteiger partial charge in [0.2, 0.25) is 0 Å². The van der Waals surface area contributed by atoms with Gasteiger partial charge in [-0.05, 0) is 19.1 Å². The Labute approximate surface area is 135 Å². The van der Waals surface area contributed by atoms with Gasteiger partial charge in [-0.25, -0.2) is 4.79 Å². The fourth-order valence-corrected chi connectivity index (χ4v) is 2.35. The van der Waals surface area contributed by atoms with E-state index in [0.717, 1.165) is 17.0 Å². The molecule has 1 heterocycles. The van der Waals surface area contributed by atoms with Crippen LogP contribution in [0.4, 0.5) is 13.2 Å². The summed E-state index contributed by atoms with van der Waals surface area (Å²) in [5, 5.41) is 9.12. The summed E-state index contributed by atoms with van der Waals surface area (Å²) in [5.41, 5.74) is -0.999. The molecule has 1 aromatic rings. The summed E-state index contributed by atoms with van der Waals surface area (Å²) in [4.78, 5) is 24.6. The van der Waals surface area contributed by atoms with Crippen molar-refractivity contribution >= 4 is 11.9 Å². The van der Waals surface area contributed by atoms with Crippen molar-refractivity contribution in [3.8, 4) is 5.75 Å². The molecule has 1 fully saturated rings. The van der Waals surface area contributed by atoms with Crippen molar-refractivity contribution in [2.24, 2.45) is 0 Å². The Balaban J connectivity index is 2.16. The lowest BCUT2D eigenvalue weighted by molar-refractivity contribution is -0.161. The lowest BCUT2D eigenvalue weighted by Crippen LogP contribution is -2.55. The van der Waals surface area contributed by atoms with Crippen LogP contribution in [-0.4, -0.2) is 53.8 Å². The van der Waals surface area contributed by atoms with Gasteiger partial charge in [-0.3, -0.25) is 4.79 Å². The number of carbonyl (C=O) groups is 2. The van der Waals surface area contributed by atoms with Crippen LogP contribution in [0.1, 0.15) is 12.5 Å². The maximum atomic E-state index is 13.0. The quantitative estimate of drug-likeness (QED) is 0.899. The van der Waals surface area contributed by atoms with Gasteiger partial charge in [0.15, 0.2) is 12.1 Å². The van der Waals surface area contributed by atoms with Gasteiger partial charge in [0, 0.05) is 6.54 Å². The summed E-state index contributed by atoms with van der Waals surface area (Å²) in [7, 11) is 0. The van der Waals surface area contributed by atoms with Crippen molar-refractivity contribution in [1.29, 1.82) is 0 Å². The minimum Gasteiger partial charge on any atom is -0.480 e. The molecule has 1 amide bonds. The molecule has 6 nitrogen and oxygen atoms in total. The molecule has 0 unspecified atom stereocenters. The molecule has 9 heteroatoms. The van der Waals surface area contributed by atoms with E-state index in [-0.39, 0.29) is 19.8 Å². The number of nitrogens with zero attached hydrogens (tertiary/aromatic N) is 1. The molecule has 0 aromatic heterocycles. The highest BCUT2D eigenvalue weighted by Gasteiger charge is 2.38. The molecule has 1 N–H and O–H groups in total. The predicted molar refractivity (Wildman–Crippen MR) is 75.5 cm³/mol. The number of aliphatic carboxylic acids is 1. The largest absolute Gasteiger partial charge is 0.480 e. The summed E-state index contributed by atoms with van der Waals surface area (Å²) in [6, 6.07) is 3.35. The van der Waals surface area contributed by atoms with Gasteiger partial charge in [0.1, 0.15) is 5.75 Å². The van der Waals surface area contributed by atoms with Crippen LogP contribution in [0.25, 0.3) is 0 Å². The fourth-order valence-electron chi connectivity index (χ4n) is 2.35. The third-order valence-electron chi connectivity index (χ3n) is 3.54. The molecule has 24 heavy (non-hydrogen) atoms. The van der Waals surface area contributed by atoms with Gasteiger partial charge in [0.25, 0.3) is 5.91 Å². The number of benzene rings is 1. The molecule has 132 valence electrons. The number of amides is 1. The van der Waals surface area contributed by atoms with Crippen LogP contribution in [0.5, 0.6) is 5.75 Å². The maximum Gasteiger partial charge on any atom is 0.419 e. The summed E-state index contributed by atoms with van der Waals surface area (Å²) < 4.78 is 49.0. The molecule has 0 saturated carbocycles. The molecule has 1 aromatic carbocycles. The normalized spacial score (nSPS) is 19.7. The first-order chi connectivity index (χ1) is 11.2. The van der Waals surface area contributed by atoms with Gasteiger partial charge in [-0.15, -0.1) is 0 Å². The first-order valence-corrected chi connectivity index (χ1v) is 7.15. The Morgan fingerprint density at radius 3 is 2.67 bits per heavy atom. The van der Waals surface area contributed by atoms with E-state index in [0.29, 0.717) is 0 Å². The number of carboxylic acid groups (broad SMARTS) is 1. The number of carboxylic acids is 1. The SMILES string of the molecule is C[C@H](Oc1ccccc1C(F)(F)F)C(=O)N1CCOC[C@@H]1C(=O)O.